The molecule has 0 bridgehead atoms. The minimum Gasteiger partial charge on any atom is -0.329 e. The third kappa shape index (κ3) is 3.30. The van der Waals surface area contributed by atoms with Crippen LogP contribution in [0.1, 0.15) is 36.4 Å². The Labute approximate surface area is 115 Å². The number of piperidine rings is 1. The van der Waals surface area contributed by atoms with Crippen LogP contribution in [-0.4, -0.2) is 24.5 Å². The van der Waals surface area contributed by atoms with E-state index in [1.54, 1.807) is 0 Å². The van der Waals surface area contributed by atoms with Gasteiger partial charge in [0.05, 0.1) is 5.56 Å². The van der Waals surface area contributed by atoms with E-state index >= 15 is 0 Å². The zero-order chi connectivity index (χ0) is 14.8. The topological polar surface area (TPSA) is 29.3 Å². The second-order valence-corrected chi connectivity index (χ2v) is 5.09. The molecule has 1 atom stereocenters. The number of hydrogen-bond acceptors (Lipinski definition) is 2. The summed E-state index contributed by atoms with van der Waals surface area (Å²) >= 11 is 0. The molecule has 0 aliphatic carbocycles. The van der Waals surface area contributed by atoms with Gasteiger partial charge in [0, 0.05) is 12.6 Å². The first-order valence-electron chi connectivity index (χ1n) is 6.74. The second-order valence-electron chi connectivity index (χ2n) is 5.09. The minimum atomic E-state index is -4.68. The van der Waals surface area contributed by atoms with E-state index in [0.717, 1.165) is 44.5 Å². The largest absolute Gasteiger partial charge is 0.419 e. The van der Waals surface area contributed by atoms with E-state index in [9.17, 15) is 17.6 Å². The van der Waals surface area contributed by atoms with Gasteiger partial charge in [0.2, 0.25) is 0 Å². The summed E-state index contributed by atoms with van der Waals surface area (Å²) in [4.78, 5) is 2.08. The molecular formula is C14H18F4N2. The number of alkyl halides is 3. The van der Waals surface area contributed by atoms with Crippen molar-refractivity contribution in [3.05, 3.63) is 35.1 Å². The highest BCUT2D eigenvalue weighted by molar-refractivity contribution is 5.30. The fraction of sp³-hybridized carbons (Fsp3) is 0.571. The van der Waals surface area contributed by atoms with Crippen LogP contribution in [-0.2, 0) is 6.18 Å². The Balaban J connectivity index is 2.30. The van der Waals surface area contributed by atoms with Gasteiger partial charge in [0.15, 0.2) is 0 Å². The summed E-state index contributed by atoms with van der Waals surface area (Å²) in [6.07, 6.45) is -1.51. The molecule has 112 valence electrons. The summed E-state index contributed by atoms with van der Waals surface area (Å²) < 4.78 is 51.6. The summed E-state index contributed by atoms with van der Waals surface area (Å²) in [5.74, 6) is -1.24. The predicted octanol–water partition coefficient (Wildman–Crippen LogP) is 3.33. The van der Waals surface area contributed by atoms with Crippen molar-refractivity contribution in [3.63, 3.8) is 0 Å². The molecule has 20 heavy (non-hydrogen) atoms. The Morgan fingerprint density at radius 2 is 1.80 bits per heavy atom. The summed E-state index contributed by atoms with van der Waals surface area (Å²) in [6.45, 7) is 1.87. The Morgan fingerprint density at radius 1 is 1.15 bits per heavy atom. The molecule has 1 heterocycles. The molecule has 0 amide bonds. The quantitative estimate of drug-likeness (QED) is 0.865. The fourth-order valence-corrected chi connectivity index (χ4v) is 2.69. The van der Waals surface area contributed by atoms with Gasteiger partial charge >= 0.3 is 6.18 Å². The summed E-state index contributed by atoms with van der Waals surface area (Å²) in [6, 6.07) is 2.89. The lowest BCUT2D eigenvalue weighted by Gasteiger charge is -2.34. The van der Waals surface area contributed by atoms with E-state index in [-0.39, 0.29) is 12.6 Å². The normalized spacial score (nSPS) is 19.1. The SMILES string of the molecule is NCC(c1ccc(F)c(C(F)(F)F)c1)N1CCCCC1. The third-order valence-corrected chi connectivity index (χ3v) is 3.74. The molecule has 1 aromatic carbocycles. The molecule has 1 aliphatic heterocycles. The number of benzene rings is 1. The smallest absolute Gasteiger partial charge is 0.329 e. The Hall–Kier alpha value is -1.14. The maximum Gasteiger partial charge on any atom is 0.419 e. The van der Waals surface area contributed by atoms with Crippen LogP contribution >= 0.6 is 0 Å². The van der Waals surface area contributed by atoms with Crippen LogP contribution in [0.3, 0.4) is 0 Å². The van der Waals surface area contributed by atoms with Crippen LogP contribution in [0.25, 0.3) is 0 Å². The molecule has 2 N–H and O–H groups in total. The first kappa shape index (κ1) is 15.3. The van der Waals surface area contributed by atoms with Gasteiger partial charge in [-0.3, -0.25) is 4.90 Å². The molecule has 2 nitrogen and oxygen atoms in total. The van der Waals surface area contributed by atoms with Gasteiger partial charge in [-0.25, -0.2) is 4.39 Å². The van der Waals surface area contributed by atoms with E-state index in [1.165, 1.54) is 6.07 Å². The van der Waals surface area contributed by atoms with Crippen molar-refractivity contribution < 1.29 is 17.6 Å². The number of rotatable bonds is 3. The number of likely N-dealkylation sites (tertiary alicyclic amines) is 1. The van der Waals surface area contributed by atoms with E-state index in [1.807, 2.05) is 0 Å². The molecule has 1 aliphatic rings. The van der Waals surface area contributed by atoms with Gasteiger partial charge in [-0.1, -0.05) is 12.5 Å². The molecule has 2 rings (SSSR count). The van der Waals surface area contributed by atoms with Crippen LogP contribution in [0.2, 0.25) is 0 Å². The molecular weight excluding hydrogens is 272 g/mol. The number of halogens is 4. The molecule has 1 fully saturated rings. The molecule has 6 heteroatoms. The first-order valence-corrected chi connectivity index (χ1v) is 6.74. The number of nitrogens with two attached hydrogens (primary N) is 1. The lowest BCUT2D eigenvalue weighted by atomic mass is 9.99. The van der Waals surface area contributed by atoms with Crippen LogP contribution in [0.5, 0.6) is 0 Å². The number of hydrogen-bond donors (Lipinski definition) is 1. The first-order chi connectivity index (χ1) is 9.43. The average molecular weight is 290 g/mol. The Kier molecular flexibility index (Phi) is 4.65. The van der Waals surface area contributed by atoms with Gasteiger partial charge in [0.25, 0.3) is 0 Å². The monoisotopic (exact) mass is 290 g/mol. The Morgan fingerprint density at radius 3 is 2.35 bits per heavy atom. The lowest BCUT2D eigenvalue weighted by Crippen LogP contribution is -2.37. The third-order valence-electron chi connectivity index (χ3n) is 3.74. The van der Waals surface area contributed by atoms with E-state index in [0.29, 0.717) is 5.56 Å². The highest BCUT2D eigenvalue weighted by Gasteiger charge is 2.35. The van der Waals surface area contributed by atoms with Crippen molar-refractivity contribution in [2.45, 2.75) is 31.5 Å². The summed E-state index contributed by atoms with van der Waals surface area (Å²) in [5, 5.41) is 0. The Bertz CT molecular complexity index is 453. The van der Waals surface area contributed by atoms with Crippen molar-refractivity contribution in [1.82, 2.24) is 4.90 Å². The van der Waals surface area contributed by atoms with E-state index in [4.69, 9.17) is 5.73 Å². The fourth-order valence-electron chi connectivity index (χ4n) is 2.69. The highest BCUT2D eigenvalue weighted by Crippen LogP contribution is 2.34. The minimum absolute atomic E-state index is 0.225. The van der Waals surface area contributed by atoms with Gasteiger partial charge in [-0.2, -0.15) is 13.2 Å². The molecule has 0 aromatic heterocycles. The van der Waals surface area contributed by atoms with Crippen LogP contribution < -0.4 is 5.73 Å². The standard InChI is InChI=1S/C14H18F4N2/c15-12-5-4-10(8-11(12)14(16,17)18)13(9-19)20-6-2-1-3-7-20/h4-5,8,13H,1-3,6-7,9,19H2. The molecule has 0 spiro atoms. The van der Waals surface area contributed by atoms with Crippen molar-refractivity contribution in [2.24, 2.45) is 5.73 Å². The van der Waals surface area contributed by atoms with Crippen molar-refractivity contribution in [1.29, 1.82) is 0 Å². The number of nitrogens with zero attached hydrogens (tertiary/aromatic N) is 1. The van der Waals surface area contributed by atoms with E-state index < -0.39 is 17.6 Å². The van der Waals surface area contributed by atoms with Crippen molar-refractivity contribution in [2.75, 3.05) is 19.6 Å². The lowest BCUT2D eigenvalue weighted by molar-refractivity contribution is -0.140. The van der Waals surface area contributed by atoms with Crippen molar-refractivity contribution in [3.8, 4) is 0 Å². The van der Waals surface area contributed by atoms with Crippen LogP contribution in [0.15, 0.2) is 18.2 Å². The van der Waals surface area contributed by atoms with Gasteiger partial charge < -0.3 is 5.73 Å². The van der Waals surface area contributed by atoms with Gasteiger partial charge in [-0.05, 0) is 43.6 Å². The molecule has 1 unspecified atom stereocenters. The molecule has 1 saturated heterocycles. The van der Waals surface area contributed by atoms with Crippen molar-refractivity contribution >= 4 is 0 Å². The van der Waals surface area contributed by atoms with Crippen LogP contribution in [0, 0.1) is 5.82 Å². The van der Waals surface area contributed by atoms with E-state index in [2.05, 4.69) is 4.90 Å². The van der Waals surface area contributed by atoms with Gasteiger partial charge in [0.1, 0.15) is 5.82 Å². The average Bonchev–Trinajstić information content (AvgIpc) is 2.41. The second kappa shape index (κ2) is 6.10. The zero-order valence-corrected chi connectivity index (χ0v) is 11.1. The predicted molar refractivity (Wildman–Crippen MR) is 68.6 cm³/mol. The molecule has 0 saturated carbocycles. The summed E-state index contributed by atoms with van der Waals surface area (Å²) in [7, 11) is 0. The highest BCUT2D eigenvalue weighted by atomic mass is 19.4. The van der Waals surface area contributed by atoms with Crippen LogP contribution in [0.4, 0.5) is 17.6 Å². The maximum atomic E-state index is 13.3. The molecule has 1 aromatic rings. The molecule has 0 radical (unpaired) electrons. The summed E-state index contributed by atoms with van der Waals surface area (Å²) in [5.41, 5.74) is 4.93. The maximum absolute atomic E-state index is 13.3. The zero-order valence-electron chi connectivity index (χ0n) is 11.1. The van der Waals surface area contributed by atoms with Gasteiger partial charge in [-0.15, -0.1) is 0 Å².